The largest absolute Gasteiger partial charge is 0.305 e. The first-order valence-corrected chi connectivity index (χ1v) is 8.02. The van der Waals surface area contributed by atoms with Crippen molar-refractivity contribution < 1.29 is 0 Å². The van der Waals surface area contributed by atoms with Crippen LogP contribution in [0.1, 0.15) is 31.1 Å². The minimum atomic E-state index is -0.0106. The standard InChI is InChI=1S/C14H16BrCl2N3/c1-3-18-13(9-5-6-11(16)10(15)7-9)14-12(17)8-19-20(14)4-2/h5-8,13,18H,3-4H2,1-2H3. The van der Waals surface area contributed by atoms with Crippen LogP contribution in [0.2, 0.25) is 10.0 Å². The van der Waals surface area contributed by atoms with Gasteiger partial charge >= 0.3 is 0 Å². The lowest BCUT2D eigenvalue weighted by Crippen LogP contribution is -2.25. The van der Waals surface area contributed by atoms with Crippen LogP contribution in [0, 0.1) is 0 Å². The van der Waals surface area contributed by atoms with Gasteiger partial charge in [-0.25, -0.2) is 0 Å². The molecular formula is C14H16BrCl2N3. The highest BCUT2D eigenvalue weighted by molar-refractivity contribution is 9.10. The number of hydrogen-bond donors (Lipinski definition) is 1. The quantitative estimate of drug-likeness (QED) is 0.821. The van der Waals surface area contributed by atoms with E-state index in [1.54, 1.807) is 6.20 Å². The first-order valence-electron chi connectivity index (χ1n) is 6.48. The number of nitrogens with one attached hydrogen (secondary N) is 1. The van der Waals surface area contributed by atoms with E-state index in [4.69, 9.17) is 23.2 Å². The molecule has 0 aliphatic rings. The SMILES string of the molecule is CCNC(c1ccc(Cl)c(Br)c1)c1c(Cl)cnn1CC. The Labute approximate surface area is 137 Å². The Kier molecular flexibility index (Phi) is 5.49. The minimum absolute atomic E-state index is 0.0106. The molecule has 108 valence electrons. The van der Waals surface area contributed by atoms with Crippen molar-refractivity contribution >= 4 is 39.1 Å². The van der Waals surface area contributed by atoms with Crippen molar-refractivity contribution in [2.24, 2.45) is 0 Å². The zero-order valence-corrected chi connectivity index (χ0v) is 14.4. The Hall–Kier alpha value is -0.550. The van der Waals surface area contributed by atoms with Gasteiger partial charge in [-0.3, -0.25) is 4.68 Å². The van der Waals surface area contributed by atoms with Gasteiger partial charge in [-0.2, -0.15) is 5.10 Å². The maximum absolute atomic E-state index is 6.31. The molecule has 2 rings (SSSR count). The van der Waals surface area contributed by atoms with Gasteiger partial charge in [-0.15, -0.1) is 0 Å². The topological polar surface area (TPSA) is 29.9 Å². The Morgan fingerprint density at radius 2 is 2.05 bits per heavy atom. The van der Waals surface area contributed by atoms with Crippen molar-refractivity contribution in [1.29, 1.82) is 0 Å². The summed E-state index contributed by atoms with van der Waals surface area (Å²) in [6, 6.07) is 5.89. The molecule has 0 aliphatic heterocycles. The molecule has 1 N–H and O–H groups in total. The summed E-state index contributed by atoms with van der Waals surface area (Å²) in [4.78, 5) is 0. The maximum atomic E-state index is 6.31. The lowest BCUT2D eigenvalue weighted by molar-refractivity contribution is 0.542. The predicted octanol–water partition coefficient (Wildman–Crippen LogP) is 4.67. The molecule has 1 unspecified atom stereocenters. The van der Waals surface area contributed by atoms with Crippen molar-refractivity contribution in [3.8, 4) is 0 Å². The van der Waals surface area contributed by atoms with Gasteiger partial charge in [0, 0.05) is 11.0 Å². The zero-order chi connectivity index (χ0) is 14.7. The fourth-order valence-corrected chi connectivity index (χ4v) is 2.94. The van der Waals surface area contributed by atoms with E-state index >= 15 is 0 Å². The third kappa shape index (κ3) is 3.19. The molecule has 1 heterocycles. The molecule has 0 spiro atoms. The van der Waals surface area contributed by atoms with Gasteiger partial charge in [0.2, 0.25) is 0 Å². The normalized spacial score (nSPS) is 12.7. The fraction of sp³-hybridized carbons (Fsp3) is 0.357. The van der Waals surface area contributed by atoms with Crippen LogP contribution in [-0.2, 0) is 6.54 Å². The van der Waals surface area contributed by atoms with Gasteiger partial charge in [-0.1, -0.05) is 36.2 Å². The second-order valence-corrected chi connectivity index (χ2v) is 6.03. The summed E-state index contributed by atoms with van der Waals surface area (Å²) in [5.74, 6) is 0. The number of benzene rings is 1. The van der Waals surface area contributed by atoms with E-state index in [2.05, 4.69) is 33.3 Å². The predicted molar refractivity (Wildman–Crippen MR) is 87.6 cm³/mol. The molecule has 1 aromatic carbocycles. The molecule has 1 atom stereocenters. The number of rotatable bonds is 5. The van der Waals surface area contributed by atoms with E-state index in [9.17, 15) is 0 Å². The van der Waals surface area contributed by atoms with Gasteiger partial charge < -0.3 is 5.32 Å². The van der Waals surface area contributed by atoms with E-state index in [-0.39, 0.29) is 6.04 Å². The average Bonchev–Trinajstić information content (AvgIpc) is 2.80. The van der Waals surface area contributed by atoms with Crippen molar-refractivity contribution in [2.75, 3.05) is 6.54 Å². The third-order valence-electron chi connectivity index (χ3n) is 3.09. The molecule has 0 aliphatic carbocycles. The molecule has 0 saturated carbocycles. The highest BCUT2D eigenvalue weighted by atomic mass is 79.9. The summed E-state index contributed by atoms with van der Waals surface area (Å²) >= 11 is 15.8. The Morgan fingerprint density at radius 3 is 2.65 bits per heavy atom. The number of nitrogens with zero attached hydrogens (tertiary/aromatic N) is 2. The second-order valence-electron chi connectivity index (χ2n) is 4.36. The molecule has 0 amide bonds. The first-order chi connectivity index (χ1) is 9.58. The molecule has 1 aromatic heterocycles. The average molecular weight is 377 g/mol. The fourth-order valence-electron chi connectivity index (χ4n) is 2.18. The van der Waals surface area contributed by atoms with Crippen LogP contribution in [0.15, 0.2) is 28.9 Å². The van der Waals surface area contributed by atoms with Crippen LogP contribution in [0.25, 0.3) is 0 Å². The summed E-state index contributed by atoms with van der Waals surface area (Å²) in [6.07, 6.45) is 1.69. The summed E-state index contributed by atoms with van der Waals surface area (Å²) < 4.78 is 2.79. The van der Waals surface area contributed by atoms with E-state index in [0.29, 0.717) is 10.0 Å². The molecule has 3 nitrogen and oxygen atoms in total. The van der Waals surface area contributed by atoms with Crippen LogP contribution in [0.5, 0.6) is 0 Å². The third-order valence-corrected chi connectivity index (χ3v) is 4.60. The molecular weight excluding hydrogens is 361 g/mol. The Balaban J connectivity index is 2.49. The Bertz CT molecular complexity index is 598. The van der Waals surface area contributed by atoms with Crippen LogP contribution in [0.4, 0.5) is 0 Å². The minimum Gasteiger partial charge on any atom is -0.305 e. The second kappa shape index (κ2) is 6.94. The van der Waals surface area contributed by atoms with Crippen LogP contribution >= 0.6 is 39.1 Å². The number of hydrogen-bond acceptors (Lipinski definition) is 2. The summed E-state index contributed by atoms with van der Waals surface area (Å²) in [7, 11) is 0. The number of aromatic nitrogens is 2. The molecule has 20 heavy (non-hydrogen) atoms. The monoisotopic (exact) mass is 375 g/mol. The lowest BCUT2D eigenvalue weighted by Gasteiger charge is -2.20. The Morgan fingerprint density at radius 1 is 1.30 bits per heavy atom. The first kappa shape index (κ1) is 15.8. The summed E-state index contributed by atoms with van der Waals surface area (Å²) in [5.41, 5.74) is 2.07. The molecule has 0 fully saturated rings. The van der Waals surface area contributed by atoms with E-state index in [1.807, 2.05) is 29.8 Å². The summed E-state index contributed by atoms with van der Waals surface area (Å²) in [6.45, 7) is 5.72. The van der Waals surface area contributed by atoms with E-state index in [1.165, 1.54) is 0 Å². The highest BCUT2D eigenvalue weighted by Gasteiger charge is 2.21. The number of aryl methyl sites for hydroxylation is 1. The van der Waals surface area contributed by atoms with Crippen molar-refractivity contribution in [3.05, 3.63) is 50.2 Å². The van der Waals surface area contributed by atoms with Gasteiger partial charge in [0.1, 0.15) is 0 Å². The van der Waals surface area contributed by atoms with Gasteiger partial charge in [-0.05, 0) is 47.1 Å². The van der Waals surface area contributed by atoms with Crippen molar-refractivity contribution in [2.45, 2.75) is 26.4 Å². The highest BCUT2D eigenvalue weighted by Crippen LogP contribution is 2.32. The van der Waals surface area contributed by atoms with Crippen LogP contribution in [-0.4, -0.2) is 16.3 Å². The summed E-state index contributed by atoms with van der Waals surface area (Å²) in [5, 5.41) is 9.13. The smallest absolute Gasteiger partial charge is 0.0837 e. The van der Waals surface area contributed by atoms with Gasteiger partial charge in [0.05, 0.1) is 28.0 Å². The maximum Gasteiger partial charge on any atom is 0.0837 e. The number of halogens is 3. The van der Waals surface area contributed by atoms with Crippen LogP contribution in [0.3, 0.4) is 0 Å². The molecule has 0 radical (unpaired) electrons. The van der Waals surface area contributed by atoms with Crippen molar-refractivity contribution in [1.82, 2.24) is 15.1 Å². The van der Waals surface area contributed by atoms with E-state index in [0.717, 1.165) is 28.8 Å². The van der Waals surface area contributed by atoms with Gasteiger partial charge in [0.15, 0.2) is 0 Å². The molecule has 0 saturated heterocycles. The van der Waals surface area contributed by atoms with E-state index < -0.39 is 0 Å². The van der Waals surface area contributed by atoms with Gasteiger partial charge in [0.25, 0.3) is 0 Å². The zero-order valence-electron chi connectivity index (χ0n) is 11.3. The lowest BCUT2D eigenvalue weighted by atomic mass is 10.0. The molecule has 6 heteroatoms. The molecule has 0 bridgehead atoms. The van der Waals surface area contributed by atoms with Crippen LogP contribution < -0.4 is 5.32 Å². The molecule has 2 aromatic rings. The van der Waals surface area contributed by atoms with Crippen molar-refractivity contribution in [3.63, 3.8) is 0 Å².